The number of allylic oxidation sites excluding steroid dienone is 1. The minimum Gasteiger partial charge on any atom is -0.274 e. The molecule has 0 N–H and O–H groups in total. The number of carbonyl (C=O) groups excluding carboxylic acids is 1. The van der Waals surface area contributed by atoms with E-state index in [0.717, 1.165) is 11.3 Å². The van der Waals surface area contributed by atoms with Crippen LogP contribution in [0.25, 0.3) is 22.9 Å². The van der Waals surface area contributed by atoms with E-state index in [1.165, 1.54) is 34.5 Å². The molecular weight excluding hydrogens is 448 g/mol. The molecule has 8 heteroatoms. The van der Waals surface area contributed by atoms with Gasteiger partial charge in [0.1, 0.15) is 11.1 Å². The van der Waals surface area contributed by atoms with Gasteiger partial charge in [0.2, 0.25) is 5.91 Å². The first-order chi connectivity index (χ1) is 15.0. The number of aromatic nitrogens is 2. The molecule has 2 aromatic carbocycles. The minimum absolute atomic E-state index is 0.180. The van der Waals surface area contributed by atoms with Crippen molar-refractivity contribution in [2.24, 2.45) is 0 Å². The lowest BCUT2D eigenvalue weighted by atomic mass is 10.2. The molecular formula is C23H15ClN4OS2. The van der Waals surface area contributed by atoms with E-state index in [4.69, 9.17) is 11.6 Å². The van der Waals surface area contributed by atoms with Gasteiger partial charge in [0.25, 0.3) is 0 Å². The van der Waals surface area contributed by atoms with Gasteiger partial charge in [-0.25, -0.2) is 9.97 Å². The van der Waals surface area contributed by atoms with Gasteiger partial charge in [0.05, 0.1) is 22.6 Å². The highest BCUT2D eigenvalue weighted by Gasteiger charge is 2.18. The summed E-state index contributed by atoms with van der Waals surface area (Å²) >= 11 is 8.81. The number of thiazole rings is 2. The number of nitriles is 1. The van der Waals surface area contributed by atoms with Crippen LogP contribution >= 0.6 is 34.3 Å². The largest absolute Gasteiger partial charge is 0.274 e. The summed E-state index contributed by atoms with van der Waals surface area (Å²) in [7, 11) is 0. The zero-order valence-electron chi connectivity index (χ0n) is 16.3. The van der Waals surface area contributed by atoms with Crippen molar-refractivity contribution < 1.29 is 4.79 Å². The molecule has 0 atom stereocenters. The lowest BCUT2D eigenvalue weighted by molar-refractivity contribution is -0.115. The molecule has 2 aromatic heterocycles. The van der Waals surface area contributed by atoms with Crippen molar-refractivity contribution in [1.29, 1.82) is 5.26 Å². The summed E-state index contributed by atoms with van der Waals surface area (Å²) in [5.74, 6) is -0.180. The van der Waals surface area contributed by atoms with Gasteiger partial charge in [-0.3, -0.25) is 9.69 Å². The Labute approximate surface area is 192 Å². The average Bonchev–Trinajstić information content (AvgIpc) is 3.43. The fourth-order valence-electron chi connectivity index (χ4n) is 2.92. The Bertz CT molecular complexity index is 1300. The third-order valence-electron chi connectivity index (χ3n) is 4.30. The molecule has 31 heavy (non-hydrogen) atoms. The first kappa shape index (κ1) is 20.9. The standard InChI is InChI=1S/C23H15ClN4OS2/c1-15(29)28(20-9-5-8-18(24)11-20)23-26-19(13-31-23)10-17(12-25)22-27-21(14-30-22)16-6-3-2-4-7-16/h2-11,13-14H,1H3. The Hall–Kier alpha value is -3.31. The molecule has 0 fully saturated rings. The van der Waals surface area contributed by atoms with Gasteiger partial charge >= 0.3 is 0 Å². The molecule has 1 amide bonds. The van der Waals surface area contributed by atoms with E-state index in [9.17, 15) is 10.1 Å². The summed E-state index contributed by atoms with van der Waals surface area (Å²) in [5, 5.41) is 15.1. The Morgan fingerprint density at radius 1 is 1.10 bits per heavy atom. The van der Waals surface area contributed by atoms with Crippen LogP contribution < -0.4 is 4.90 Å². The third kappa shape index (κ3) is 4.72. The van der Waals surface area contributed by atoms with Crippen molar-refractivity contribution in [1.82, 2.24) is 9.97 Å². The maximum absolute atomic E-state index is 12.3. The highest BCUT2D eigenvalue weighted by molar-refractivity contribution is 7.14. The number of rotatable bonds is 5. The number of halogens is 1. The number of anilines is 2. The van der Waals surface area contributed by atoms with E-state index in [-0.39, 0.29) is 5.91 Å². The maximum Gasteiger partial charge on any atom is 0.230 e. The van der Waals surface area contributed by atoms with Crippen LogP contribution in [0.1, 0.15) is 17.6 Å². The lowest BCUT2D eigenvalue weighted by Crippen LogP contribution is -2.22. The smallest absolute Gasteiger partial charge is 0.230 e. The molecule has 0 saturated carbocycles. The third-order valence-corrected chi connectivity index (χ3v) is 6.25. The van der Waals surface area contributed by atoms with Crippen LogP contribution in [0.2, 0.25) is 5.02 Å². The van der Waals surface area contributed by atoms with Gasteiger partial charge in [0, 0.05) is 28.3 Å². The molecule has 0 radical (unpaired) electrons. The molecule has 0 bridgehead atoms. The molecule has 5 nitrogen and oxygen atoms in total. The Kier molecular flexibility index (Phi) is 6.23. The molecule has 2 heterocycles. The van der Waals surface area contributed by atoms with Crippen LogP contribution in [0.4, 0.5) is 10.8 Å². The molecule has 0 spiro atoms. The van der Waals surface area contributed by atoms with E-state index in [1.54, 1.807) is 35.7 Å². The highest BCUT2D eigenvalue weighted by Crippen LogP contribution is 2.32. The SMILES string of the molecule is CC(=O)N(c1cccc(Cl)c1)c1nc(C=C(C#N)c2nc(-c3ccccc3)cs2)cs1. The molecule has 4 aromatic rings. The molecule has 0 aliphatic rings. The topological polar surface area (TPSA) is 69.9 Å². The Morgan fingerprint density at radius 3 is 2.61 bits per heavy atom. The average molecular weight is 463 g/mol. The zero-order chi connectivity index (χ0) is 21.8. The fourth-order valence-corrected chi connectivity index (χ4v) is 4.74. The van der Waals surface area contributed by atoms with Crippen LogP contribution in [-0.2, 0) is 4.79 Å². The van der Waals surface area contributed by atoms with Crippen molar-refractivity contribution >= 4 is 62.6 Å². The van der Waals surface area contributed by atoms with Crippen molar-refractivity contribution in [3.8, 4) is 17.3 Å². The molecule has 0 aliphatic carbocycles. The second-order valence-corrected chi connectivity index (χ2v) is 8.59. The first-order valence-corrected chi connectivity index (χ1v) is 11.3. The Morgan fingerprint density at radius 2 is 1.90 bits per heavy atom. The molecule has 152 valence electrons. The minimum atomic E-state index is -0.180. The normalized spacial score (nSPS) is 11.2. The van der Waals surface area contributed by atoms with Crippen molar-refractivity contribution in [3.63, 3.8) is 0 Å². The van der Waals surface area contributed by atoms with Gasteiger partial charge in [0.15, 0.2) is 5.13 Å². The van der Waals surface area contributed by atoms with Gasteiger partial charge in [-0.05, 0) is 24.3 Å². The molecule has 4 rings (SSSR count). The number of hydrogen-bond acceptors (Lipinski definition) is 6. The first-order valence-electron chi connectivity index (χ1n) is 9.20. The quantitative estimate of drug-likeness (QED) is 0.310. The molecule has 0 aliphatic heterocycles. The number of carbonyl (C=O) groups is 1. The summed E-state index contributed by atoms with van der Waals surface area (Å²) < 4.78 is 0. The van der Waals surface area contributed by atoms with E-state index in [1.807, 2.05) is 35.7 Å². The predicted molar refractivity (Wildman–Crippen MR) is 127 cm³/mol. The van der Waals surface area contributed by atoms with Crippen LogP contribution in [0.3, 0.4) is 0 Å². The van der Waals surface area contributed by atoms with Crippen molar-refractivity contribution in [2.45, 2.75) is 6.92 Å². The second kappa shape index (κ2) is 9.23. The summed E-state index contributed by atoms with van der Waals surface area (Å²) in [6, 6.07) is 19.1. The van der Waals surface area contributed by atoms with E-state index in [2.05, 4.69) is 16.0 Å². The van der Waals surface area contributed by atoms with E-state index in [0.29, 0.717) is 32.1 Å². The lowest BCUT2D eigenvalue weighted by Gasteiger charge is -2.18. The fraction of sp³-hybridized carbons (Fsp3) is 0.0435. The Balaban J connectivity index is 1.64. The van der Waals surface area contributed by atoms with Crippen molar-refractivity contribution in [2.75, 3.05) is 4.90 Å². The summed E-state index contributed by atoms with van der Waals surface area (Å²) in [6.45, 7) is 1.47. The second-order valence-electron chi connectivity index (χ2n) is 6.46. The number of hydrogen-bond donors (Lipinski definition) is 0. The summed E-state index contributed by atoms with van der Waals surface area (Å²) in [6.07, 6.45) is 1.68. The highest BCUT2D eigenvalue weighted by atomic mass is 35.5. The van der Waals surface area contributed by atoms with Crippen LogP contribution in [0.5, 0.6) is 0 Å². The predicted octanol–water partition coefficient (Wildman–Crippen LogP) is 6.67. The number of benzene rings is 2. The number of amides is 1. The van der Waals surface area contributed by atoms with Crippen LogP contribution in [0.15, 0.2) is 65.4 Å². The van der Waals surface area contributed by atoms with Gasteiger partial charge in [-0.2, -0.15) is 5.26 Å². The summed E-state index contributed by atoms with van der Waals surface area (Å²) in [4.78, 5) is 22.9. The zero-order valence-corrected chi connectivity index (χ0v) is 18.7. The van der Waals surface area contributed by atoms with Gasteiger partial charge < -0.3 is 0 Å². The van der Waals surface area contributed by atoms with Crippen molar-refractivity contribution in [3.05, 3.63) is 81.1 Å². The monoisotopic (exact) mass is 462 g/mol. The van der Waals surface area contributed by atoms with Crippen LogP contribution in [0, 0.1) is 11.3 Å². The summed E-state index contributed by atoms with van der Waals surface area (Å²) in [5.41, 5.74) is 3.46. The maximum atomic E-state index is 12.3. The van der Waals surface area contributed by atoms with Crippen LogP contribution in [-0.4, -0.2) is 15.9 Å². The van der Waals surface area contributed by atoms with E-state index < -0.39 is 0 Å². The van der Waals surface area contributed by atoms with E-state index >= 15 is 0 Å². The number of nitrogens with zero attached hydrogens (tertiary/aromatic N) is 4. The molecule has 0 unspecified atom stereocenters. The van der Waals surface area contributed by atoms with Gasteiger partial charge in [-0.1, -0.05) is 48.0 Å². The molecule has 0 saturated heterocycles. The van der Waals surface area contributed by atoms with Gasteiger partial charge in [-0.15, -0.1) is 22.7 Å².